The lowest BCUT2D eigenvalue weighted by Gasteiger charge is -2.18. The molecular weight excluding hydrogens is 226 g/mol. The Balaban J connectivity index is 2.41. The van der Waals surface area contributed by atoms with Crippen LogP contribution in [0.4, 0.5) is 0 Å². The van der Waals surface area contributed by atoms with Crippen molar-refractivity contribution in [3.05, 3.63) is 42.5 Å². The van der Waals surface area contributed by atoms with Crippen LogP contribution in [-0.4, -0.2) is 18.3 Å². The van der Waals surface area contributed by atoms with E-state index in [1.165, 1.54) is 10.5 Å². The molecule has 0 spiro atoms. The zero-order chi connectivity index (χ0) is 12.5. The molecule has 1 aromatic carbocycles. The molecule has 0 bridgehead atoms. The third-order valence-electron chi connectivity index (χ3n) is 2.72. The van der Waals surface area contributed by atoms with Crippen molar-refractivity contribution >= 4 is 11.8 Å². The molecule has 94 valence electrons. The van der Waals surface area contributed by atoms with Gasteiger partial charge in [-0.1, -0.05) is 44.2 Å². The van der Waals surface area contributed by atoms with Crippen molar-refractivity contribution in [1.82, 2.24) is 5.32 Å². The van der Waals surface area contributed by atoms with Gasteiger partial charge in [0.15, 0.2) is 0 Å². The van der Waals surface area contributed by atoms with Crippen LogP contribution in [0.5, 0.6) is 0 Å². The summed E-state index contributed by atoms with van der Waals surface area (Å²) < 4.78 is 0. The van der Waals surface area contributed by atoms with Crippen LogP contribution < -0.4 is 5.32 Å². The predicted octanol–water partition coefficient (Wildman–Crippen LogP) is 4.11. The molecule has 0 amide bonds. The number of hydrogen-bond acceptors (Lipinski definition) is 2. The molecule has 0 aliphatic heterocycles. The van der Waals surface area contributed by atoms with Gasteiger partial charge in [0.2, 0.25) is 0 Å². The standard InChI is InChI=1S/C15H23NS/c1-4-13(3)11-14(16-5-2)12-17-15-9-7-6-8-10-15/h6-10,14,16H,3-5,11-12H2,1-2H3. The maximum atomic E-state index is 4.10. The van der Waals surface area contributed by atoms with Crippen molar-refractivity contribution in [2.24, 2.45) is 0 Å². The molecule has 1 atom stereocenters. The number of nitrogens with one attached hydrogen (secondary N) is 1. The molecule has 1 unspecified atom stereocenters. The monoisotopic (exact) mass is 249 g/mol. The molecule has 2 heteroatoms. The molecule has 0 radical (unpaired) electrons. The maximum Gasteiger partial charge on any atom is 0.0198 e. The van der Waals surface area contributed by atoms with E-state index >= 15 is 0 Å². The van der Waals surface area contributed by atoms with Crippen LogP contribution in [0.15, 0.2) is 47.4 Å². The lowest BCUT2D eigenvalue weighted by Crippen LogP contribution is -2.31. The van der Waals surface area contributed by atoms with Crippen molar-refractivity contribution in [2.45, 2.75) is 37.6 Å². The summed E-state index contributed by atoms with van der Waals surface area (Å²) in [6.45, 7) is 9.46. The van der Waals surface area contributed by atoms with E-state index in [-0.39, 0.29) is 0 Å². The second kappa shape index (κ2) is 8.37. The Bertz CT molecular complexity index is 321. The van der Waals surface area contributed by atoms with Gasteiger partial charge in [-0.15, -0.1) is 11.8 Å². The predicted molar refractivity (Wildman–Crippen MR) is 78.7 cm³/mol. The summed E-state index contributed by atoms with van der Waals surface area (Å²) in [4.78, 5) is 1.34. The summed E-state index contributed by atoms with van der Waals surface area (Å²) in [5, 5.41) is 3.54. The normalized spacial score (nSPS) is 12.4. The average Bonchev–Trinajstić information content (AvgIpc) is 2.37. The van der Waals surface area contributed by atoms with Gasteiger partial charge in [-0.05, 0) is 31.5 Å². The first-order chi connectivity index (χ1) is 8.26. The molecule has 0 fully saturated rings. The minimum absolute atomic E-state index is 0.539. The molecule has 0 heterocycles. The smallest absolute Gasteiger partial charge is 0.0198 e. The number of benzene rings is 1. The van der Waals surface area contributed by atoms with Gasteiger partial charge in [-0.2, -0.15) is 0 Å². The summed E-state index contributed by atoms with van der Waals surface area (Å²) >= 11 is 1.92. The highest BCUT2D eigenvalue weighted by Gasteiger charge is 2.08. The minimum atomic E-state index is 0.539. The second-order valence-electron chi connectivity index (χ2n) is 4.19. The Hall–Kier alpha value is -0.730. The summed E-state index contributed by atoms with van der Waals surface area (Å²) in [6.07, 6.45) is 2.17. The van der Waals surface area contributed by atoms with Crippen molar-refractivity contribution in [1.29, 1.82) is 0 Å². The molecule has 0 aromatic heterocycles. The molecule has 0 aliphatic carbocycles. The molecule has 1 aromatic rings. The van der Waals surface area contributed by atoms with Crippen molar-refractivity contribution in [2.75, 3.05) is 12.3 Å². The average molecular weight is 249 g/mol. The van der Waals surface area contributed by atoms with Crippen LogP contribution in [0.3, 0.4) is 0 Å². The fourth-order valence-corrected chi connectivity index (χ4v) is 2.66. The highest BCUT2D eigenvalue weighted by molar-refractivity contribution is 7.99. The fourth-order valence-electron chi connectivity index (χ4n) is 1.69. The van der Waals surface area contributed by atoms with E-state index in [1.807, 2.05) is 11.8 Å². The third-order valence-corrected chi connectivity index (χ3v) is 3.90. The van der Waals surface area contributed by atoms with E-state index < -0.39 is 0 Å². The molecule has 1 N–H and O–H groups in total. The molecule has 0 saturated heterocycles. The molecule has 17 heavy (non-hydrogen) atoms. The minimum Gasteiger partial charge on any atom is -0.313 e. The van der Waals surface area contributed by atoms with Crippen molar-refractivity contribution < 1.29 is 0 Å². The molecular formula is C15H23NS. The first-order valence-electron chi connectivity index (χ1n) is 6.34. The molecule has 0 saturated carbocycles. The van der Waals surface area contributed by atoms with Crippen LogP contribution in [0.2, 0.25) is 0 Å². The van der Waals surface area contributed by atoms with Gasteiger partial charge < -0.3 is 5.32 Å². The van der Waals surface area contributed by atoms with Gasteiger partial charge in [0.1, 0.15) is 0 Å². The zero-order valence-corrected chi connectivity index (χ0v) is 11.7. The second-order valence-corrected chi connectivity index (χ2v) is 5.28. The van der Waals surface area contributed by atoms with E-state index in [0.717, 1.165) is 25.1 Å². The first-order valence-corrected chi connectivity index (χ1v) is 7.32. The van der Waals surface area contributed by atoms with Crippen molar-refractivity contribution in [3.8, 4) is 0 Å². The van der Waals surface area contributed by atoms with Crippen molar-refractivity contribution in [3.63, 3.8) is 0 Å². The van der Waals surface area contributed by atoms with Gasteiger partial charge >= 0.3 is 0 Å². The van der Waals surface area contributed by atoms with E-state index in [0.29, 0.717) is 6.04 Å². The quantitative estimate of drug-likeness (QED) is 0.549. The van der Waals surface area contributed by atoms with Gasteiger partial charge in [0, 0.05) is 16.7 Å². The van der Waals surface area contributed by atoms with Crippen LogP contribution in [-0.2, 0) is 0 Å². The first kappa shape index (κ1) is 14.3. The molecule has 0 aliphatic rings. The van der Waals surface area contributed by atoms with E-state index in [4.69, 9.17) is 0 Å². The van der Waals surface area contributed by atoms with Crippen LogP contribution in [0.1, 0.15) is 26.7 Å². The molecule has 1 nitrogen and oxygen atoms in total. The van der Waals surface area contributed by atoms with Gasteiger partial charge in [0.05, 0.1) is 0 Å². The van der Waals surface area contributed by atoms with E-state index in [9.17, 15) is 0 Å². The third kappa shape index (κ3) is 5.94. The van der Waals surface area contributed by atoms with Crippen LogP contribution in [0.25, 0.3) is 0 Å². The van der Waals surface area contributed by atoms with Gasteiger partial charge in [0.25, 0.3) is 0 Å². The van der Waals surface area contributed by atoms with Crippen LogP contribution >= 0.6 is 11.8 Å². The lowest BCUT2D eigenvalue weighted by atomic mass is 10.1. The number of thioether (sulfide) groups is 1. The Kier molecular flexibility index (Phi) is 7.06. The maximum absolute atomic E-state index is 4.10. The number of rotatable bonds is 8. The SMILES string of the molecule is C=C(CC)CC(CSc1ccccc1)NCC. The fraction of sp³-hybridized carbons (Fsp3) is 0.467. The van der Waals surface area contributed by atoms with E-state index in [2.05, 4.69) is 56.1 Å². The zero-order valence-electron chi connectivity index (χ0n) is 10.9. The highest BCUT2D eigenvalue weighted by atomic mass is 32.2. The lowest BCUT2D eigenvalue weighted by molar-refractivity contribution is 0.565. The summed E-state index contributed by atoms with van der Waals surface area (Å²) in [7, 11) is 0. The Morgan fingerprint density at radius 2 is 2.00 bits per heavy atom. The van der Waals surface area contributed by atoms with Gasteiger partial charge in [-0.3, -0.25) is 0 Å². The van der Waals surface area contributed by atoms with Crippen LogP contribution in [0, 0.1) is 0 Å². The summed E-state index contributed by atoms with van der Waals surface area (Å²) in [5.74, 6) is 1.11. The van der Waals surface area contributed by atoms with E-state index in [1.54, 1.807) is 0 Å². The summed E-state index contributed by atoms with van der Waals surface area (Å²) in [6, 6.07) is 11.1. The Morgan fingerprint density at radius 1 is 1.29 bits per heavy atom. The number of hydrogen-bond donors (Lipinski definition) is 1. The summed E-state index contributed by atoms with van der Waals surface area (Å²) in [5.41, 5.74) is 1.34. The largest absolute Gasteiger partial charge is 0.313 e. The topological polar surface area (TPSA) is 12.0 Å². The highest BCUT2D eigenvalue weighted by Crippen LogP contribution is 2.20. The Labute approximate surface area is 110 Å². The van der Waals surface area contributed by atoms with Gasteiger partial charge in [-0.25, -0.2) is 0 Å². The molecule has 1 rings (SSSR count). The Morgan fingerprint density at radius 3 is 2.59 bits per heavy atom.